The van der Waals surface area contributed by atoms with Gasteiger partial charge in [0.25, 0.3) is 20.2 Å². The van der Waals surface area contributed by atoms with Crippen molar-refractivity contribution in [2.45, 2.75) is 22.0 Å². The average molecular weight is 432 g/mol. The van der Waals surface area contributed by atoms with Crippen LogP contribution in [0.5, 0.6) is 0 Å². The molecule has 2 aromatic rings. The van der Waals surface area contributed by atoms with E-state index in [4.69, 9.17) is 8.37 Å². The van der Waals surface area contributed by atoms with Crippen LogP contribution in [0, 0.1) is 0 Å². The van der Waals surface area contributed by atoms with Gasteiger partial charge in [0.1, 0.15) is 12.2 Å². The fourth-order valence-electron chi connectivity index (χ4n) is 2.57. The second-order valence-electron chi connectivity index (χ2n) is 5.88. The van der Waals surface area contributed by atoms with Gasteiger partial charge in [0.15, 0.2) is 9.84 Å². The smallest absolute Gasteiger partial charge is 0.259 e. The number of rotatable bonds is 6. The molecule has 146 valence electrons. The highest BCUT2D eigenvalue weighted by Crippen LogP contribution is 2.26. The Kier molecular flexibility index (Phi) is 5.41. The SMILES string of the molecule is O=S1(=O)C[C@@H](OS(=O)(=O)c2ccccc2)[C@H](OS(=O)(=O)c2ccccc2)C1. The van der Waals surface area contributed by atoms with Crippen LogP contribution in [0.3, 0.4) is 0 Å². The molecule has 0 spiro atoms. The number of benzene rings is 2. The molecule has 0 amide bonds. The molecule has 2 aromatic carbocycles. The van der Waals surface area contributed by atoms with Gasteiger partial charge >= 0.3 is 0 Å². The zero-order chi connectivity index (χ0) is 19.7. The molecule has 0 radical (unpaired) electrons. The van der Waals surface area contributed by atoms with E-state index in [9.17, 15) is 25.3 Å². The molecule has 0 aliphatic carbocycles. The van der Waals surface area contributed by atoms with E-state index in [0.717, 1.165) is 0 Å². The number of hydrogen-bond acceptors (Lipinski definition) is 8. The van der Waals surface area contributed by atoms with E-state index in [0.29, 0.717) is 0 Å². The van der Waals surface area contributed by atoms with Crippen LogP contribution in [-0.2, 0) is 38.4 Å². The number of sulfone groups is 1. The van der Waals surface area contributed by atoms with E-state index in [2.05, 4.69) is 0 Å². The lowest BCUT2D eigenvalue weighted by Gasteiger charge is -2.18. The van der Waals surface area contributed by atoms with Gasteiger partial charge in [-0.1, -0.05) is 36.4 Å². The molecule has 0 unspecified atom stereocenters. The Bertz CT molecular complexity index is 1020. The molecule has 1 aliphatic heterocycles. The number of hydrogen-bond donors (Lipinski definition) is 0. The van der Waals surface area contributed by atoms with Gasteiger partial charge in [0.05, 0.1) is 21.3 Å². The summed E-state index contributed by atoms with van der Waals surface area (Å²) >= 11 is 0. The molecule has 1 heterocycles. The van der Waals surface area contributed by atoms with Crippen LogP contribution in [0.1, 0.15) is 0 Å². The standard InChI is InChI=1S/C16H16O8S3/c17-25(18)11-15(23-26(19,20)13-7-3-1-4-8-13)16(12-25)24-27(21,22)14-9-5-2-6-10-14/h1-10,15-16H,11-12H2/t15-,16-/m1/s1. The van der Waals surface area contributed by atoms with E-state index in [-0.39, 0.29) is 9.79 Å². The molecular weight excluding hydrogens is 416 g/mol. The van der Waals surface area contributed by atoms with Crippen LogP contribution >= 0.6 is 0 Å². The first-order valence-electron chi connectivity index (χ1n) is 7.76. The van der Waals surface area contributed by atoms with Gasteiger partial charge in [-0.2, -0.15) is 16.8 Å². The van der Waals surface area contributed by atoms with Crippen molar-refractivity contribution in [2.75, 3.05) is 11.5 Å². The maximum absolute atomic E-state index is 12.4. The maximum Gasteiger partial charge on any atom is 0.297 e. The highest BCUT2D eigenvalue weighted by Gasteiger charge is 2.44. The molecule has 0 aromatic heterocycles. The topological polar surface area (TPSA) is 121 Å². The van der Waals surface area contributed by atoms with Crippen molar-refractivity contribution in [2.24, 2.45) is 0 Å². The Morgan fingerprint density at radius 2 is 1.00 bits per heavy atom. The van der Waals surface area contributed by atoms with E-state index in [1.165, 1.54) is 48.5 Å². The molecule has 8 nitrogen and oxygen atoms in total. The first-order valence-corrected chi connectivity index (χ1v) is 12.4. The maximum atomic E-state index is 12.4. The summed E-state index contributed by atoms with van der Waals surface area (Å²) in [7, 11) is -12.3. The van der Waals surface area contributed by atoms with Crippen molar-refractivity contribution < 1.29 is 33.6 Å². The van der Waals surface area contributed by atoms with Crippen LogP contribution < -0.4 is 0 Å². The summed E-state index contributed by atoms with van der Waals surface area (Å²) in [6.45, 7) is 0. The summed E-state index contributed by atoms with van der Waals surface area (Å²) < 4.78 is 83.4. The van der Waals surface area contributed by atoms with Crippen molar-refractivity contribution >= 4 is 30.1 Å². The molecule has 1 saturated heterocycles. The summed E-state index contributed by atoms with van der Waals surface area (Å²) in [5.41, 5.74) is 0. The highest BCUT2D eigenvalue weighted by molar-refractivity contribution is 7.92. The molecule has 0 N–H and O–H groups in total. The minimum absolute atomic E-state index is 0.168. The molecule has 11 heteroatoms. The minimum Gasteiger partial charge on any atom is -0.259 e. The quantitative estimate of drug-likeness (QED) is 0.619. The second-order valence-corrected chi connectivity index (χ2v) is 11.2. The normalized spacial score (nSPS) is 22.5. The van der Waals surface area contributed by atoms with Gasteiger partial charge in [-0.15, -0.1) is 0 Å². The van der Waals surface area contributed by atoms with E-state index >= 15 is 0 Å². The molecule has 0 bridgehead atoms. The van der Waals surface area contributed by atoms with Crippen molar-refractivity contribution in [3.63, 3.8) is 0 Å². The molecule has 3 rings (SSSR count). The van der Waals surface area contributed by atoms with E-state index in [1.54, 1.807) is 12.1 Å². The average Bonchev–Trinajstić information content (AvgIpc) is 2.88. The Hall–Kier alpha value is -1.79. The lowest BCUT2D eigenvalue weighted by Crippen LogP contribution is -2.34. The van der Waals surface area contributed by atoms with Gasteiger partial charge in [-0.3, -0.25) is 8.37 Å². The Labute approximate surface area is 157 Å². The summed E-state index contributed by atoms with van der Waals surface area (Å²) in [6, 6.07) is 14.3. The Morgan fingerprint density at radius 1 is 0.667 bits per heavy atom. The lowest BCUT2D eigenvalue weighted by atomic mass is 10.3. The van der Waals surface area contributed by atoms with Crippen molar-refractivity contribution in [1.82, 2.24) is 0 Å². The monoisotopic (exact) mass is 432 g/mol. The van der Waals surface area contributed by atoms with Gasteiger partial charge in [0.2, 0.25) is 0 Å². The van der Waals surface area contributed by atoms with Crippen LogP contribution in [0.4, 0.5) is 0 Å². The Balaban J connectivity index is 1.86. The Morgan fingerprint density at radius 3 is 1.33 bits per heavy atom. The predicted octanol–water partition coefficient (Wildman–Crippen LogP) is 0.963. The van der Waals surface area contributed by atoms with Gasteiger partial charge in [-0.25, -0.2) is 8.42 Å². The first kappa shape index (κ1) is 20.0. The zero-order valence-electron chi connectivity index (χ0n) is 13.8. The summed E-state index contributed by atoms with van der Waals surface area (Å²) in [6.07, 6.45) is -2.95. The van der Waals surface area contributed by atoms with Crippen LogP contribution in [0.15, 0.2) is 70.5 Å². The van der Waals surface area contributed by atoms with Crippen LogP contribution in [0.25, 0.3) is 0 Å². The third-order valence-electron chi connectivity index (χ3n) is 3.82. The predicted molar refractivity (Wildman–Crippen MR) is 95.7 cm³/mol. The van der Waals surface area contributed by atoms with Gasteiger partial charge in [0, 0.05) is 0 Å². The molecule has 27 heavy (non-hydrogen) atoms. The summed E-state index contributed by atoms with van der Waals surface area (Å²) in [4.78, 5) is -0.335. The van der Waals surface area contributed by atoms with Crippen LogP contribution in [-0.4, -0.2) is 49.0 Å². The van der Waals surface area contributed by atoms with E-state index < -0.39 is 53.8 Å². The molecule has 1 aliphatic rings. The molecule has 1 fully saturated rings. The van der Waals surface area contributed by atoms with E-state index in [1.807, 2.05) is 0 Å². The second kappa shape index (κ2) is 7.32. The zero-order valence-corrected chi connectivity index (χ0v) is 16.3. The molecule has 2 atom stereocenters. The van der Waals surface area contributed by atoms with Crippen molar-refractivity contribution in [3.05, 3.63) is 60.7 Å². The van der Waals surface area contributed by atoms with Gasteiger partial charge in [-0.05, 0) is 24.3 Å². The lowest BCUT2D eigenvalue weighted by molar-refractivity contribution is 0.101. The summed E-state index contributed by atoms with van der Waals surface area (Å²) in [5.74, 6) is -1.32. The molecule has 0 saturated carbocycles. The van der Waals surface area contributed by atoms with Crippen molar-refractivity contribution in [1.29, 1.82) is 0 Å². The molecular formula is C16H16O8S3. The summed E-state index contributed by atoms with van der Waals surface area (Å²) in [5, 5.41) is 0. The minimum atomic E-state index is -4.29. The third-order valence-corrected chi connectivity index (χ3v) is 8.19. The largest absolute Gasteiger partial charge is 0.297 e. The third kappa shape index (κ3) is 4.74. The van der Waals surface area contributed by atoms with Gasteiger partial charge < -0.3 is 0 Å². The fourth-order valence-corrected chi connectivity index (χ4v) is 6.69. The van der Waals surface area contributed by atoms with Crippen molar-refractivity contribution in [3.8, 4) is 0 Å². The van der Waals surface area contributed by atoms with Crippen LogP contribution in [0.2, 0.25) is 0 Å². The first-order chi connectivity index (χ1) is 12.6. The highest BCUT2D eigenvalue weighted by atomic mass is 32.2. The fraction of sp³-hybridized carbons (Fsp3) is 0.250.